The van der Waals surface area contributed by atoms with Gasteiger partial charge in [0.15, 0.2) is 7.50 Å². The molecule has 9 heteroatoms. The van der Waals surface area contributed by atoms with Gasteiger partial charge in [0.1, 0.15) is 6.23 Å². The van der Waals surface area contributed by atoms with Crippen LogP contribution in [-0.4, -0.2) is 44.8 Å². The van der Waals surface area contributed by atoms with Crippen LogP contribution in [0.4, 0.5) is 0 Å². The van der Waals surface area contributed by atoms with Gasteiger partial charge >= 0.3 is 5.69 Å². The Bertz CT molecular complexity index is 715. The minimum atomic E-state index is -0.704. The molecular weight excluding hydrogens is 373 g/mol. The highest BCUT2D eigenvalue weighted by molar-refractivity contribution is 8.54. The molecule has 6 atom stereocenters. The van der Waals surface area contributed by atoms with E-state index < -0.39 is 19.4 Å². The van der Waals surface area contributed by atoms with E-state index in [-0.39, 0.29) is 23.8 Å². The Morgan fingerprint density at radius 1 is 1.42 bits per heavy atom. The molecule has 0 amide bonds. The molecular formula is C17H30N3O4PS. The van der Waals surface area contributed by atoms with Crippen molar-refractivity contribution in [1.82, 2.24) is 14.2 Å². The molecule has 1 aliphatic rings. The summed E-state index contributed by atoms with van der Waals surface area (Å²) in [7, 11) is 1.37. The second-order valence-electron chi connectivity index (χ2n) is 6.83. The number of nitrogens with zero attached hydrogens (tertiary/aromatic N) is 2. The number of hydrogen-bond donors (Lipinski definition) is 1. The summed E-state index contributed by atoms with van der Waals surface area (Å²) in [6.45, 7) is 12.0. The fourth-order valence-corrected chi connectivity index (χ4v) is 7.41. The monoisotopic (exact) mass is 403 g/mol. The van der Waals surface area contributed by atoms with Crippen molar-refractivity contribution < 1.29 is 9.26 Å². The van der Waals surface area contributed by atoms with E-state index in [1.165, 1.54) is 4.57 Å². The maximum atomic E-state index is 12.1. The van der Waals surface area contributed by atoms with Gasteiger partial charge in [-0.2, -0.15) is 0 Å². The Balaban J connectivity index is 2.09. The Morgan fingerprint density at radius 3 is 2.62 bits per heavy atom. The molecule has 7 nitrogen and oxygen atoms in total. The maximum Gasteiger partial charge on any atom is 0.330 e. The molecule has 1 saturated heterocycles. The number of aromatic nitrogens is 2. The highest BCUT2D eigenvalue weighted by Crippen LogP contribution is 2.63. The topological polar surface area (TPSA) is 76.6 Å². The molecule has 1 N–H and O–H groups in total. The fraction of sp³-hybridized carbons (Fsp3) is 0.765. The van der Waals surface area contributed by atoms with Crippen LogP contribution in [-0.2, 0) is 9.26 Å². The molecule has 0 bridgehead atoms. The summed E-state index contributed by atoms with van der Waals surface area (Å²) in [6.07, 6.45) is 2.08. The highest BCUT2D eigenvalue weighted by Gasteiger charge is 2.37. The van der Waals surface area contributed by atoms with Crippen LogP contribution in [0.1, 0.15) is 52.8 Å². The molecule has 2 rings (SSSR count). The predicted octanol–water partition coefficient (Wildman–Crippen LogP) is 3.25. The minimum Gasteiger partial charge on any atom is -0.353 e. The van der Waals surface area contributed by atoms with E-state index in [0.29, 0.717) is 10.8 Å². The number of hydrogen-bond acceptors (Lipinski definition) is 6. The average molecular weight is 403 g/mol. The van der Waals surface area contributed by atoms with Gasteiger partial charge in [0.05, 0.1) is 12.2 Å². The summed E-state index contributed by atoms with van der Waals surface area (Å²) in [6, 6.07) is 0.137. The van der Waals surface area contributed by atoms with Gasteiger partial charge in [-0.05, 0) is 41.2 Å². The first-order valence-electron chi connectivity index (χ1n) is 8.99. The van der Waals surface area contributed by atoms with E-state index in [1.54, 1.807) is 13.1 Å². The molecule has 0 aliphatic carbocycles. The van der Waals surface area contributed by atoms with Gasteiger partial charge in [0, 0.05) is 23.1 Å². The van der Waals surface area contributed by atoms with Crippen molar-refractivity contribution in [1.29, 1.82) is 0 Å². The number of ether oxygens (including phenoxy) is 1. The van der Waals surface area contributed by atoms with Gasteiger partial charge in [-0.25, -0.2) is 9.46 Å². The summed E-state index contributed by atoms with van der Waals surface area (Å²) >= 11 is 1.88. The van der Waals surface area contributed by atoms with Crippen molar-refractivity contribution in [2.75, 3.05) is 7.05 Å². The van der Waals surface area contributed by atoms with Crippen LogP contribution in [0.2, 0.25) is 0 Å². The van der Waals surface area contributed by atoms with E-state index >= 15 is 0 Å². The van der Waals surface area contributed by atoms with Crippen molar-refractivity contribution in [3.05, 3.63) is 32.6 Å². The Kier molecular flexibility index (Phi) is 7.51. The first kappa shape index (κ1) is 21.6. The third kappa shape index (κ3) is 4.78. The molecule has 1 aromatic rings. The molecule has 0 spiro atoms. The van der Waals surface area contributed by atoms with E-state index in [1.807, 2.05) is 18.3 Å². The lowest BCUT2D eigenvalue weighted by Gasteiger charge is -2.35. The largest absolute Gasteiger partial charge is 0.353 e. The fourth-order valence-electron chi connectivity index (χ4n) is 2.74. The van der Waals surface area contributed by atoms with E-state index in [9.17, 15) is 9.59 Å². The smallest absolute Gasteiger partial charge is 0.330 e. The quantitative estimate of drug-likeness (QED) is 0.705. The third-order valence-corrected chi connectivity index (χ3v) is 9.73. The zero-order valence-electron chi connectivity index (χ0n) is 16.6. The number of aromatic amines is 1. The van der Waals surface area contributed by atoms with Crippen molar-refractivity contribution in [2.24, 2.45) is 0 Å². The lowest BCUT2D eigenvalue weighted by Crippen LogP contribution is -2.40. The Morgan fingerprint density at radius 2 is 2.08 bits per heavy atom. The molecule has 148 valence electrons. The summed E-state index contributed by atoms with van der Waals surface area (Å²) < 4.78 is 16.0. The van der Waals surface area contributed by atoms with Crippen LogP contribution in [0.25, 0.3) is 0 Å². The molecule has 0 radical (unpaired) electrons. The maximum absolute atomic E-state index is 12.1. The molecule has 1 fully saturated rings. The Hall–Kier alpha value is -0.660. The molecule has 0 saturated carbocycles. The minimum absolute atomic E-state index is 0.0629. The summed E-state index contributed by atoms with van der Waals surface area (Å²) in [5.74, 6) is 0. The SMILES string of the molecule is CC[C@@H](O[C@H](C)n1cc(C)c(=O)[nH]c1=O)C(C)N(C)P1OC(C)C(C)S1. The molecule has 0 aromatic carbocycles. The number of H-pyrrole nitrogens is 1. The highest BCUT2D eigenvalue weighted by atomic mass is 32.7. The van der Waals surface area contributed by atoms with E-state index in [0.717, 1.165) is 6.42 Å². The first-order valence-corrected chi connectivity index (χ1v) is 11.7. The lowest BCUT2D eigenvalue weighted by atomic mass is 10.1. The van der Waals surface area contributed by atoms with Crippen LogP contribution in [0.3, 0.4) is 0 Å². The van der Waals surface area contributed by atoms with Crippen LogP contribution in [0, 0.1) is 6.92 Å². The zero-order chi connectivity index (χ0) is 19.6. The number of likely N-dealkylation sites (N-methyl/N-ethyl adjacent to an activating group) is 1. The number of rotatable bonds is 7. The molecule has 1 aromatic heterocycles. The summed E-state index contributed by atoms with van der Waals surface area (Å²) in [5.41, 5.74) is -0.328. The first-order chi connectivity index (χ1) is 12.1. The van der Waals surface area contributed by atoms with Gasteiger partial charge in [-0.3, -0.25) is 14.3 Å². The second kappa shape index (κ2) is 9.02. The number of nitrogens with one attached hydrogen (secondary N) is 1. The third-order valence-electron chi connectivity index (χ3n) is 4.87. The zero-order valence-corrected chi connectivity index (χ0v) is 18.3. The van der Waals surface area contributed by atoms with Crippen molar-refractivity contribution >= 4 is 18.9 Å². The predicted molar refractivity (Wildman–Crippen MR) is 108 cm³/mol. The van der Waals surface area contributed by atoms with Crippen LogP contribution in [0.5, 0.6) is 0 Å². The standard InChI is InChI=1S/C17H30N3O4PS/c1-8-15(11(3)19(7)25-24-12(4)13(5)26-25)23-14(6)20-9-10(2)16(21)18-17(20)22/h9,11-15H,8H2,1-7H3,(H,18,21,22)/t11?,12?,13?,14-,15-,25?/m1/s1. The second-order valence-corrected chi connectivity index (χ2v) is 10.7. The van der Waals surface area contributed by atoms with Crippen LogP contribution >= 0.6 is 18.9 Å². The van der Waals surface area contributed by atoms with Crippen molar-refractivity contribution in [3.63, 3.8) is 0 Å². The van der Waals surface area contributed by atoms with Gasteiger partial charge in [0.25, 0.3) is 5.56 Å². The Labute approximate surface area is 160 Å². The van der Waals surface area contributed by atoms with Crippen LogP contribution in [0.15, 0.2) is 15.8 Å². The lowest BCUT2D eigenvalue weighted by molar-refractivity contribution is -0.0694. The molecule has 1 aliphatic heterocycles. The van der Waals surface area contributed by atoms with E-state index in [2.05, 4.69) is 44.4 Å². The van der Waals surface area contributed by atoms with Gasteiger partial charge in [-0.15, -0.1) is 0 Å². The summed E-state index contributed by atoms with van der Waals surface area (Å²) in [5, 5.41) is 0.485. The average Bonchev–Trinajstić information content (AvgIpc) is 2.93. The molecule has 2 heterocycles. The normalized spacial score (nSPS) is 26.8. The van der Waals surface area contributed by atoms with Gasteiger partial charge in [0.2, 0.25) is 0 Å². The molecule has 4 unspecified atom stereocenters. The van der Waals surface area contributed by atoms with Crippen molar-refractivity contribution in [3.8, 4) is 0 Å². The summed E-state index contributed by atoms with van der Waals surface area (Å²) in [4.78, 5) is 26.0. The van der Waals surface area contributed by atoms with E-state index in [4.69, 9.17) is 9.26 Å². The van der Waals surface area contributed by atoms with Gasteiger partial charge in [-0.1, -0.05) is 25.2 Å². The molecule has 26 heavy (non-hydrogen) atoms. The number of aryl methyl sites for hydroxylation is 1. The van der Waals surface area contributed by atoms with Crippen molar-refractivity contribution in [2.45, 2.75) is 77.7 Å². The van der Waals surface area contributed by atoms with Crippen LogP contribution < -0.4 is 11.2 Å². The van der Waals surface area contributed by atoms with Gasteiger partial charge < -0.3 is 9.26 Å².